The van der Waals surface area contributed by atoms with E-state index in [1.54, 1.807) is 13.1 Å². The van der Waals surface area contributed by atoms with Crippen molar-refractivity contribution in [3.63, 3.8) is 0 Å². The third-order valence-corrected chi connectivity index (χ3v) is 4.18. The molecule has 0 atom stereocenters. The number of likely N-dealkylation sites (N-methyl/N-ethyl adjacent to an activating group) is 1. The summed E-state index contributed by atoms with van der Waals surface area (Å²) < 4.78 is 22.2. The Morgan fingerprint density at radius 1 is 1.17 bits per heavy atom. The van der Waals surface area contributed by atoms with Gasteiger partial charge in [0.15, 0.2) is 6.29 Å². The normalized spacial score (nSPS) is 14.6. The molecular formula is C22H28N2O5. The minimum atomic E-state index is -0.523. The summed E-state index contributed by atoms with van der Waals surface area (Å²) in [6.07, 6.45) is -0.700. The highest BCUT2D eigenvalue weighted by Gasteiger charge is 2.20. The Labute approximate surface area is 171 Å². The summed E-state index contributed by atoms with van der Waals surface area (Å²) >= 11 is 0. The Balaban J connectivity index is 1.59. The molecule has 0 saturated carbocycles. The summed E-state index contributed by atoms with van der Waals surface area (Å²) in [5.41, 5.74) is 2.19. The van der Waals surface area contributed by atoms with E-state index in [0.29, 0.717) is 32.2 Å². The number of aromatic nitrogens is 1. The van der Waals surface area contributed by atoms with Gasteiger partial charge in [0.1, 0.15) is 12.2 Å². The first-order valence-electron chi connectivity index (χ1n) is 9.69. The Kier molecular flexibility index (Phi) is 6.71. The molecule has 1 aliphatic rings. The molecule has 0 bridgehead atoms. The fourth-order valence-corrected chi connectivity index (χ4v) is 2.77. The number of hydrogen-bond acceptors (Lipinski definition) is 6. The number of amides is 1. The lowest BCUT2D eigenvalue weighted by Gasteiger charge is -2.24. The van der Waals surface area contributed by atoms with Crippen LogP contribution < -0.4 is 4.74 Å². The number of hydrogen-bond donors (Lipinski definition) is 0. The van der Waals surface area contributed by atoms with Crippen LogP contribution in [0.3, 0.4) is 0 Å². The molecule has 156 valence electrons. The minimum Gasteiger partial charge on any atom is -0.476 e. The van der Waals surface area contributed by atoms with Crippen LogP contribution in [0.25, 0.3) is 11.3 Å². The fraction of sp³-hybridized carbons (Fsp3) is 0.455. The molecule has 1 aromatic heterocycles. The van der Waals surface area contributed by atoms with Crippen LogP contribution in [0.15, 0.2) is 42.5 Å². The first-order chi connectivity index (χ1) is 13.8. The molecule has 0 aliphatic carbocycles. The standard InChI is InChI=1S/C22H28N2O5/c1-22(2,3)29-21(25)24(4)11-12-26-19-10-6-9-18(23-19)16-7-5-8-17(15-16)20-27-13-14-28-20/h5-10,15,20H,11-14H2,1-4H3. The highest BCUT2D eigenvalue weighted by molar-refractivity contribution is 5.67. The molecular weight excluding hydrogens is 372 g/mol. The van der Waals surface area contributed by atoms with Crippen LogP contribution in [-0.2, 0) is 14.2 Å². The fourth-order valence-electron chi connectivity index (χ4n) is 2.77. The van der Waals surface area contributed by atoms with E-state index >= 15 is 0 Å². The smallest absolute Gasteiger partial charge is 0.410 e. The molecule has 2 heterocycles. The summed E-state index contributed by atoms with van der Waals surface area (Å²) in [6.45, 7) is 7.44. The second kappa shape index (κ2) is 9.24. The van der Waals surface area contributed by atoms with Crippen molar-refractivity contribution in [1.82, 2.24) is 9.88 Å². The number of carbonyl (C=O) groups excluding carboxylic acids is 1. The number of rotatable bonds is 6. The molecule has 0 unspecified atom stereocenters. The van der Waals surface area contributed by atoms with Crippen molar-refractivity contribution in [2.75, 3.05) is 33.4 Å². The van der Waals surface area contributed by atoms with Crippen LogP contribution in [0.2, 0.25) is 0 Å². The van der Waals surface area contributed by atoms with Crippen LogP contribution in [0, 0.1) is 0 Å². The second-order valence-corrected chi connectivity index (χ2v) is 7.81. The maximum Gasteiger partial charge on any atom is 0.410 e. The van der Waals surface area contributed by atoms with Crippen molar-refractivity contribution in [2.24, 2.45) is 0 Å². The van der Waals surface area contributed by atoms with Gasteiger partial charge in [0.2, 0.25) is 5.88 Å². The van der Waals surface area contributed by atoms with E-state index in [0.717, 1.165) is 16.8 Å². The molecule has 1 aromatic carbocycles. The summed E-state index contributed by atoms with van der Waals surface area (Å²) in [7, 11) is 1.68. The van der Waals surface area contributed by atoms with Gasteiger partial charge in [0.05, 0.1) is 25.5 Å². The average Bonchev–Trinajstić information content (AvgIpc) is 3.22. The number of pyridine rings is 1. The molecule has 7 nitrogen and oxygen atoms in total. The molecule has 3 rings (SSSR count). The van der Waals surface area contributed by atoms with E-state index in [4.69, 9.17) is 18.9 Å². The molecule has 2 aromatic rings. The molecule has 7 heteroatoms. The molecule has 1 fully saturated rings. The lowest BCUT2D eigenvalue weighted by Crippen LogP contribution is -2.36. The van der Waals surface area contributed by atoms with Gasteiger partial charge in [-0.3, -0.25) is 0 Å². The van der Waals surface area contributed by atoms with Gasteiger partial charge in [-0.2, -0.15) is 0 Å². The first kappa shape index (κ1) is 21.1. The summed E-state index contributed by atoms with van der Waals surface area (Å²) in [5.74, 6) is 0.499. The van der Waals surface area contributed by atoms with Gasteiger partial charge in [-0.15, -0.1) is 0 Å². The van der Waals surface area contributed by atoms with Gasteiger partial charge in [0, 0.05) is 24.2 Å². The van der Waals surface area contributed by atoms with Gasteiger partial charge >= 0.3 is 6.09 Å². The largest absolute Gasteiger partial charge is 0.476 e. The highest BCUT2D eigenvalue weighted by Crippen LogP contribution is 2.27. The van der Waals surface area contributed by atoms with E-state index in [1.165, 1.54) is 4.90 Å². The minimum absolute atomic E-state index is 0.315. The van der Waals surface area contributed by atoms with Gasteiger partial charge in [-0.1, -0.05) is 24.3 Å². The van der Waals surface area contributed by atoms with E-state index in [-0.39, 0.29) is 12.4 Å². The van der Waals surface area contributed by atoms with Crippen molar-refractivity contribution in [1.29, 1.82) is 0 Å². The van der Waals surface area contributed by atoms with Crippen LogP contribution in [0.1, 0.15) is 32.6 Å². The van der Waals surface area contributed by atoms with Gasteiger partial charge < -0.3 is 23.8 Å². The Bertz CT molecular complexity index is 828. The summed E-state index contributed by atoms with van der Waals surface area (Å²) in [5, 5.41) is 0. The molecule has 0 radical (unpaired) electrons. The first-order valence-corrected chi connectivity index (χ1v) is 9.69. The van der Waals surface area contributed by atoms with Crippen LogP contribution >= 0.6 is 0 Å². The third kappa shape index (κ3) is 6.17. The predicted octanol–water partition coefficient (Wildman–Crippen LogP) is 4.04. The molecule has 0 N–H and O–H groups in total. The van der Waals surface area contributed by atoms with Crippen LogP contribution in [-0.4, -0.2) is 55.0 Å². The highest BCUT2D eigenvalue weighted by atomic mass is 16.7. The molecule has 1 saturated heterocycles. The zero-order chi connectivity index (χ0) is 20.9. The number of ether oxygens (including phenoxy) is 4. The Morgan fingerprint density at radius 3 is 2.62 bits per heavy atom. The van der Waals surface area contributed by atoms with E-state index in [9.17, 15) is 4.79 Å². The van der Waals surface area contributed by atoms with Gasteiger partial charge in [-0.25, -0.2) is 9.78 Å². The lowest BCUT2D eigenvalue weighted by molar-refractivity contribution is -0.0440. The average molecular weight is 400 g/mol. The van der Waals surface area contributed by atoms with Crippen molar-refractivity contribution in [3.05, 3.63) is 48.0 Å². The maximum absolute atomic E-state index is 12.0. The second-order valence-electron chi connectivity index (χ2n) is 7.81. The third-order valence-electron chi connectivity index (χ3n) is 4.18. The molecule has 0 spiro atoms. The Hall–Kier alpha value is -2.64. The van der Waals surface area contributed by atoms with Crippen molar-refractivity contribution in [2.45, 2.75) is 32.7 Å². The number of benzene rings is 1. The van der Waals surface area contributed by atoms with Gasteiger partial charge in [-0.05, 0) is 32.9 Å². The topological polar surface area (TPSA) is 70.1 Å². The maximum atomic E-state index is 12.0. The lowest BCUT2D eigenvalue weighted by atomic mass is 10.1. The van der Waals surface area contributed by atoms with E-state index in [2.05, 4.69) is 4.98 Å². The predicted molar refractivity (Wildman–Crippen MR) is 109 cm³/mol. The Morgan fingerprint density at radius 2 is 1.90 bits per heavy atom. The van der Waals surface area contributed by atoms with E-state index < -0.39 is 5.60 Å². The van der Waals surface area contributed by atoms with Gasteiger partial charge in [0.25, 0.3) is 0 Å². The van der Waals surface area contributed by atoms with Crippen molar-refractivity contribution >= 4 is 6.09 Å². The quantitative estimate of drug-likeness (QED) is 0.729. The summed E-state index contributed by atoms with van der Waals surface area (Å²) in [4.78, 5) is 18.1. The van der Waals surface area contributed by atoms with Crippen LogP contribution in [0.5, 0.6) is 5.88 Å². The molecule has 1 amide bonds. The molecule has 1 aliphatic heterocycles. The summed E-state index contributed by atoms with van der Waals surface area (Å²) in [6, 6.07) is 13.6. The van der Waals surface area contributed by atoms with Crippen LogP contribution in [0.4, 0.5) is 4.79 Å². The zero-order valence-corrected chi connectivity index (χ0v) is 17.4. The number of nitrogens with zero attached hydrogens (tertiary/aromatic N) is 2. The zero-order valence-electron chi connectivity index (χ0n) is 17.4. The number of carbonyl (C=O) groups is 1. The van der Waals surface area contributed by atoms with E-state index in [1.807, 2.05) is 57.2 Å². The van der Waals surface area contributed by atoms with Crippen molar-refractivity contribution < 1.29 is 23.7 Å². The SMILES string of the molecule is CN(CCOc1cccc(-c2cccc(C3OCCO3)c2)n1)C(=O)OC(C)(C)C. The van der Waals surface area contributed by atoms with Crippen molar-refractivity contribution in [3.8, 4) is 17.1 Å². The monoisotopic (exact) mass is 400 g/mol. The molecule has 29 heavy (non-hydrogen) atoms.